The first-order valence-electron chi connectivity index (χ1n) is 9.70. The summed E-state index contributed by atoms with van der Waals surface area (Å²) in [7, 11) is 0. The van der Waals surface area contributed by atoms with Crippen LogP contribution in [0.4, 0.5) is 22.7 Å². The Hall–Kier alpha value is -3.73. The van der Waals surface area contributed by atoms with E-state index < -0.39 is 28.3 Å². The highest BCUT2D eigenvalue weighted by Crippen LogP contribution is 2.29. The van der Waals surface area contributed by atoms with Crippen LogP contribution in [0.25, 0.3) is 0 Å². The molecule has 1 fully saturated rings. The zero-order chi connectivity index (χ0) is 23.3. The summed E-state index contributed by atoms with van der Waals surface area (Å²) >= 11 is 5.83. The number of nitro benzene ring substituents is 2. The Morgan fingerprint density at radius 2 is 1.75 bits per heavy atom. The van der Waals surface area contributed by atoms with E-state index in [9.17, 15) is 29.8 Å². The molecule has 0 atom stereocenters. The van der Waals surface area contributed by atoms with Gasteiger partial charge in [-0.05, 0) is 37.5 Å². The third kappa shape index (κ3) is 5.49. The van der Waals surface area contributed by atoms with Crippen molar-refractivity contribution in [3.8, 4) is 0 Å². The molecule has 0 radical (unpaired) electrons. The molecule has 3 rings (SSSR count). The average molecular weight is 463 g/mol. The van der Waals surface area contributed by atoms with Gasteiger partial charge in [0.25, 0.3) is 17.3 Å². The van der Waals surface area contributed by atoms with Gasteiger partial charge in [-0.25, -0.2) is 4.79 Å². The van der Waals surface area contributed by atoms with E-state index in [1.165, 1.54) is 24.3 Å². The first kappa shape index (κ1) is 22.9. The van der Waals surface area contributed by atoms with Crippen LogP contribution >= 0.6 is 11.6 Å². The molecule has 11 nitrogen and oxygen atoms in total. The topological polar surface area (TPSA) is 145 Å². The normalized spacial score (nSPS) is 13.3. The lowest BCUT2D eigenvalue weighted by atomic mass is 10.1. The fraction of sp³-hybridized carbons (Fsp3) is 0.300. The molecule has 168 valence electrons. The number of amides is 1. The number of rotatable bonds is 7. The maximum absolute atomic E-state index is 12.7. The summed E-state index contributed by atoms with van der Waals surface area (Å²) in [6, 6.07) is 7.57. The van der Waals surface area contributed by atoms with Gasteiger partial charge in [0.15, 0.2) is 6.61 Å². The molecule has 1 N–H and O–H groups in total. The second kappa shape index (κ2) is 10.1. The second-order valence-corrected chi connectivity index (χ2v) is 7.49. The number of piperidine rings is 1. The SMILES string of the molecule is O=C(COC(=O)c1cc([N+](=O)[O-])ccc1N1CCCCC1)Nc1cc(Cl)ccc1[N+](=O)[O-]. The molecule has 32 heavy (non-hydrogen) atoms. The summed E-state index contributed by atoms with van der Waals surface area (Å²) in [5.74, 6) is -1.74. The fourth-order valence-electron chi connectivity index (χ4n) is 3.37. The molecule has 2 aromatic carbocycles. The summed E-state index contributed by atoms with van der Waals surface area (Å²) in [6.07, 6.45) is 2.90. The number of halogens is 1. The quantitative estimate of drug-likeness (QED) is 0.370. The molecule has 1 amide bonds. The van der Waals surface area contributed by atoms with Crippen molar-refractivity contribution in [1.82, 2.24) is 0 Å². The number of esters is 1. The van der Waals surface area contributed by atoms with E-state index in [2.05, 4.69) is 5.32 Å². The van der Waals surface area contributed by atoms with Crippen LogP contribution in [-0.4, -0.2) is 41.4 Å². The van der Waals surface area contributed by atoms with Gasteiger partial charge in [-0.3, -0.25) is 25.0 Å². The van der Waals surface area contributed by atoms with Crippen LogP contribution in [0.3, 0.4) is 0 Å². The molecular weight excluding hydrogens is 444 g/mol. The van der Waals surface area contributed by atoms with E-state index in [1.807, 2.05) is 4.90 Å². The van der Waals surface area contributed by atoms with E-state index in [0.717, 1.165) is 31.4 Å². The van der Waals surface area contributed by atoms with Crippen LogP contribution in [0, 0.1) is 20.2 Å². The van der Waals surface area contributed by atoms with Crippen molar-refractivity contribution < 1.29 is 24.2 Å². The molecule has 0 aliphatic carbocycles. The Kier molecular flexibility index (Phi) is 7.21. The number of non-ortho nitro benzene ring substituents is 1. The molecule has 1 saturated heterocycles. The molecule has 0 saturated carbocycles. The van der Waals surface area contributed by atoms with Crippen LogP contribution in [-0.2, 0) is 9.53 Å². The summed E-state index contributed by atoms with van der Waals surface area (Å²) in [4.78, 5) is 47.8. The summed E-state index contributed by atoms with van der Waals surface area (Å²) in [6.45, 7) is 0.638. The number of nitro groups is 2. The average Bonchev–Trinajstić information content (AvgIpc) is 2.77. The van der Waals surface area contributed by atoms with Crippen molar-refractivity contribution in [2.24, 2.45) is 0 Å². The van der Waals surface area contributed by atoms with Gasteiger partial charge >= 0.3 is 5.97 Å². The van der Waals surface area contributed by atoms with Gasteiger partial charge in [0.1, 0.15) is 5.69 Å². The van der Waals surface area contributed by atoms with Crippen LogP contribution in [0.1, 0.15) is 29.6 Å². The van der Waals surface area contributed by atoms with Crippen molar-refractivity contribution in [3.63, 3.8) is 0 Å². The van der Waals surface area contributed by atoms with Crippen LogP contribution in [0.15, 0.2) is 36.4 Å². The molecule has 0 bridgehead atoms. The van der Waals surface area contributed by atoms with Gasteiger partial charge in [-0.15, -0.1) is 0 Å². The van der Waals surface area contributed by atoms with E-state index in [4.69, 9.17) is 16.3 Å². The van der Waals surface area contributed by atoms with Gasteiger partial charge < -0.3 is 15.0 Å². The number of nitrogens with zero attached hydrogens (tertiary/aromatic N) is 3. The highest BCUT2D eigenvalue weighted by Gasteiger charge is 2.24. The molecule has 1 heterocycles. The number of benzene rings is 2. The van der Waals surface area contributed by atoms with Gasteiger partial charge in [0.05, 0.1) is 21.1 Å². The van der Waals surface area contributed by atoms with Gasteiger partial charge in [0.2, 0.25) is 0 Å². The maximum atomic E-state index is 12.7. The summed E-state index contributed by atoms with van der Waals surface area (Å²) in [5, 5.41) is 24.7. The predicted molar refractivity (Wildman–Crippen MR) is 116 cm³/mol. The van der Waals surface area contributed by atoms with Crippen LogP contribution in [0.5, 0.6) is 0 Å². The zero-order valence-electron chi connectivity index (χ0n) is 16.8. The van der Waals surface area contributed by atoms with E-state index >= 15 is 0 Å². The van der Waals surface area contributed by atoms with E-state index in [-0.39, 0.29) is 27.6 Å². The Bertz CT molecular complexity index is 1070. The highest BCUT2D eigenvalue weighted by molar-refractivity contribution is 6.31. The Balaban J connectivity index is 1.75. The predicted octanol–water partition coefficient (Wildman–Crippen LogP) is 3.94. The Morgan fingerprint density at radius 1 is 1.03 bits per heavy atom. The molecule has 0 spiro atoms. The highest BCUT2D eigenvalue weighted by atomic mass is 35.5. The van der Waals surface area contributed by atoms with E-state index in [0.29, 0.717) is 18.8 Å². The minimum atomic E-state index is -0.912. The number of anilines is 2. The Morgan fingerprint density at radius 3 is 2.41 bits per heavy atom. The van der Waals surface area contributed by atoms with Crippen molar-refractivity contribution in [2.75, 3.05) is 29.9 Å². The van der Waals surface area contributed by atoms with Gasteiger partial charge in [0, 0.05) is 36.3 Å². The minimum Gasteiger partial charge on any atom is -0.452 e. The number of ether oxygens (including phenoxy) is 1. The molecule has 0 unspecified atom stereocenters. The molecule has 12 heteroatoms. The number of hydrogen-bond donors (Lipinski definition) is 1. The number of carbonyl (C=O) groups excluding carboxylic acids is 2. The largest absolute Gasteiger partial charge is 0.452 e. The van der Waals surface area contributed by atoms with Crippen molar-refractivity contribution in [3.05, 3.63) is 67.2 Å². The lowest BCUT2D eigenvalue weighted by Crippen LogP contribution is -2.31. The van der Waals surface area contributed by atoms with Crippen LogP contribution < -0.4 is 10.2 Å². The molecular formula is C20H19ClN4O7. The van der Waals surface area contributed by atoms with Gasteiger partial charge in [-0.1, -0.05) is 11.6 Å². The summed E-state index contributed by atoms with van der Waals surface area (Å²) in [5.41, 5.74) is -0.335. The molecule has 1 aliphatic heterocycles. The fourth-order valence-corrected chi connectivity index (χ4v) is 3.55. The monoisotopic (exact) mass is 462 g/mol. The third-order valence-electron chi connectivity index (χ3n) is 4.87. The Labute approximate surface area is 187 Å². The smallest absolute Gasteiger partial charge is 0.341 e. The lowest BCUT2D eigenvalue weighted by Gasteiger charge is -2.30. The number of hydrogen-bond acceptors (Lipinski definition) is 8. The van der Waals surface area contributed by atoms with Crippen molar-refractivity contribution in [2.45, 2.75) is 19.3 Å². The zero-order valence-corrected chi connectivity index (χ0v) is 17.5. The number of nitrogens with one attached hydrogen (secondary N) is 1. The maximum Gasteiger partial charge on any atom is 0.341 e. The van der Waals surface area contributed by atoms with Gasteiger partial charge in [-0.2, -0.15) is 0 Å². The molecule has 1 aliphatic rings. The second-order valence-electron chi connectivity index (χ2n) is 7.05. The third-order valence-corrected chi connectivity index (χ3v) is 5.11. The summed E-state index contributed by atoms with van der Waals surface area (Å²) < 4.78 is 5.06. The first-order chi connectivity index (χ1) is 15.3. The lowest BCUT2D eigenvalue weighted by molar-refractivity contribution is -0.384. The minimum absolute atomic E-state index is 0.0253. The molecule has 0 aromatic heterocycles. The molecule has 2 aromatic rings. The standard InChI is InChI=1S/C20H19ClN4O7/c21-13-4-6-18(25(30)31)16(10-13)22-19(26)12-32-20(27)15-11-14(24(28)29)5-7-17(15)23-8-2-1-3-9-23/h4-7,10-11H,1-3,8-9,12H2,(H,22,26). The van der Waals surface area contributed by atoms with Crippen molar-refractivity contribution >= 4 is 46.2 Å². The van der Waals surface area contributed by atoms with Crippen molar-refractivity contribution in [1.29, 1.82) is 0 Å². The van der Waals surface area contributed by atoms with E-state index in [1.54, 1.807) is 0 Å². The number of carbonyl (C=O) groups is 2. The first-order valence-corrected chi connectivity index (χ1v) is 10.1. The van der Waals surface area contributed by atoms with Crippen LogP contribution in [0.2, 0.25) is 5.02 Å².